The van der Waals surface area contributed by atoms with Gasteiger partial charge in [-0.1, -0.05) is 34.1 Å². The first-order valence-electron chi connectivity index (χ1n) is 5.16. The molecule has 0 saturated heterocycles. The number of hydrogen-bond acceptors (Lipinski definition) is 2. The first-order valence-corrected chi connectivity index (χ1v) is 6.28. The highest BCUT2D eigenvalue weighted by molar-refractivity contribution is 9.08. The molecule has 1 N–H and O–H groups in total. The van der Waals surface area contributed by atoms with Crippen molar-refractivity contribution in [2.45, 2.75) is 5.33 Å². The van der Waals surface area contributed by atoms with Gasteiger partial charge in [-0.2, -0.15) is 0 Å². The normalized spacial score (nSPS) is 9.94. The zero-order chi connectivity index (χ0) is 12.1. The number of alkyl halides is 1. The maximum atomic E-state index is 12.0. The summed E-state index contributed by atoms with van der Waals surface area (Å²) in [6, 6.07) is 11.0. The van der Waals surface area contributed by atoms with Crippen LogP contribution in [0.25, 0.3) is 0 Å². The van der Waals surface area contributed by atoms with Gasteiger partial charge in [0.05, 0.1) is 0 Å². The number of aromatic nitrogens is 1. The Balaban J connectivity index is 2.20. The first-order chi connectivity index (χ1) is 8.31. The summed E-state index contributed by atoms with van der Waals surface area (Å²) in [5.74, 6) is -0.105. The molecule has 0 saturated carbocycles. The van der Waals surface area contributed by atoms with Crippen molar-refractivity contribution in [1.82, 2.24) is 4.98 Å². The second-order valence-electron chi connectivity index (χ2n) is 3.48. The summed E-state index contributed by atoms with van der Waals surface area (Å²) < 4.78 is 0. The summed E-state index contributed by atoms with van der Waals surface area (Å²) in [4.78, 5) is 15.9. The third-order valence-corrected chi connectivity index (χ3v) is 2.95. The second kappa shape index (κ2) is 5.59. The molecule has 2 rings (SSSR count). The number of carbonyl (C=O) groups is 1. The van der Waals surface area contributed by atoms with Gasteiger partial charge in [0.2, 0.25) is 0 Å². The lowest BCUT2D eigenvalue weighted by molar-refractivity contribution is 0.102. The lowest BCUT2D eigenvalue weighted by Gasteiger charge is -2.07. The number of carbonyl (C=O) groups excluding carboxylic acids is 1. The van der Waals surface area contributed by atoms with Crippen LogP contribution in [0.1, 0.15) is 15.9 Å². The Bertz CT molecular complexity index is 514. The number of pyridine rings is 1. The smallest absolute Gasteiger partial charge is 0.255 e. The van der Waals surface area contributed by atoms with E-state index in [0.717, 1.165) is 11.3 Å². The van der Waals surface area contributed by atoms with E-state index in [1.807, 2.05) is 24.3 Å². The predicted octanol–water partition coefficient (Wildman–Crippen LogP) is 3.23. The fourth-order valence-electron chi connectivity index (χ4n) is 1.49. The standard InChI is InChI=1S/C13H11BrN2O/c14-9-10-3-1-2-4-12(10)13(17)16-11-5-7-15-8-6-11/h1-8H,9H2,(H,15,16,17). The molecule has 4 heteroatoms. The molecule has 1 amide bonds. The third-order valence-electron chi connectivity index (χ3n) is 2.34. The molecule has 17 heavy (non-hydrogen) atoms. The predicted molar refractivity (Wildman–Crippen MR) is 71.3 cm³/mol. The quantitative estimate of drug-likeness (QED) is 0.882. The molecule has 0 fully saturated rings. The summed E-state index contributed by atoms with van der Waals surface area (Å²) in [6.45, 7) is 0. The molecule has 0 unspecified atom stereocenters. The van der Waals surface area contributed by atoms with E-state index in [1.165, 1.54) is 0 Å². The maximum Gasteiger partial charge on any atom is 0.255 e. The monoisotopic (exact) mass is 290 g/mol. The highest BCUT2D eigenvalue weighted by Crippen LogP contribution is 2.14. The Morgan fingerprint density at radius 1 is 1.18 bits per heavy atom. The first kappa shape index (κ1) is 11.8. The van der Waals surface area contributed by atoms with Gasteiger partial charge in [-0.15, -0.1) is 0 Å². The second-order valence-corrected chi connectivity index (χ2v) is 4.04. The molecule has 0 spiro atoms. The van der Waals surface area contributed by atoms with E-state index in [1.54, 1.807) is 24.5 Å². The Kier molecular flexibility index (Phi) is 3.88. The fraction of sp³-hybridized carbons (Fsp3) is 0.0769. The molecule has 1 aromatic heterocycles. The minimum absolute atomic E-state index is 0.105. The van der Waals surface area contributed by atoms with Crippen molar-refractivity contribution in [3.05, 3.63) is 59.9 Å². The molecule has 0 bridgehead atoms. The van der Waals surface area contributed by atoms with Gasteiger partial charge in [0.25, 0.3) is 5.91 Å². The van der Waals surface area contributed by atoms with E-state index in [9.17, 15) is 4.79 Å². The average molecular weight is 291 g/mol. The van der Waals surface area contributed by atoms with Crippen LogP contribution in [0.5, 0.6) is 0 Å². The molecular formula is C13H11BrN2O. The van der Waals surface area contributed by atoms with Crippen LogP contribution in [0.4, 0.5) is 5.69 Å². The van der Waals surface area contributed by atoms with Gasteiger partial charge in [-0.3, -0.25) is 9.78 Å². The molecule has 1 aromatic carbocycles. The third kappa shape index (κ3) is 2.91. The van der Waals surface area contributed by atoms with E-state index in [4.69, 9.17) is 0 Å². The number of nitrogens with one attached hydrogen (secondary N) is 1. The van der Waals surface area contributed by atoms with Crippen LogP contribution >= 0.6 is 15.9 Å². The van der Waals surface area contributed by atoms with Crippen LogP contribution in [-0.2, 0) is 5.33 Å². The zero-order valence-corrected chi connectivity index (χ0v) is 10.6. The van der Waals surface area contributed by atoms with Crippen molar-refractivity contribution in [3.8, 4) is 0 Å². The van der Waals surface area contributed by atoms with Gasteiger partial charge < -0.3 is 5.32 Å². The largest absolute Gasteiger partial charge is 0.322 e. The van der Waals surface area contributed by atoms with E-state index >= 15 is 0 Å². The Morgan fingerprint density at radius 2 is 1.88 bits per heavy atom. The summed E-state index contributed by atoms with van der Waals surface area (Å²) >= 11 is 3.37. The van der Waals surface area contributed by atoms with Crippen LogP contribution < -0.4 is 5.32 Å². The Labute approximate surface area is 108 Å². The summed E-state index contributed by atoms with van der Waals surface area (Å²) in [5.41, 5.74) is 2.40. The highest BCUT2D eigenvalue weighted by Gasteiger charge is 2.09. The average Bonchev–Trinajstić information content (AvgIpc) is 2.40. The van der Waals surface area contributed by atoms with Crippen LogP contribution in [0.2, 0.25) is 0 Å². The molecular weight excluding hydrogens is 280 g/mol. The van der Waals surface area contributed by atoms with Gasteiger partial charge in [-0.05, 0) is 23.8 Å². The van der Waals surface area contributed by atoms with Gasteiger partial charge in [0, 0.05) is 29.0 Å². The van der Waals surface area contributed by atoms with Crippen molar-refractivity contribution in [3.63, 3.8) is 0 Å². The minimum atomic E-state index is -0.105. The number of benzene rings is 1. The van der Waals surface area contributed by atoms with Gasteiger partial charge in [0.1, 0.15) is 0 Å². The van der Waals surface area contributed by atoms with Crippen molar-refractivity contribution >= 4 is 27.5 Å². The van der Waals surface area contributed by atoms with Gasteiger partial charge >= 0.3 is 0 Å². The number of amides is 1. The number of rotatable bonds is 3. The zero-order valence-electron chi connectivity index (χ0n) is 9.06. The molecule has 2 aromatic rings. The van der Waals surface area contributed by atoms with Crippen LogP contribution in [-0.4, -0.2) is 10.9 Å². The topological polar surface area (TPSA) is 42.0 Å². The van der Waals surface area contributed by atoms with Crippen molar-refractivity contribution in [2.24, 2.45) is 0 Å². The number of nitrogens with zero attached hydrogens (tertiary/aromatic N) is 1. The summed E-state index contributed by atoms with van der Waals surface area (Å²) in [6.07, 6.45) is 3.29. The molecule has 0 atom stereocenters. The molecule has 1 heterocycles. The summed E-state index contributed by atoms with van der Waals surface area (Å²) in [7, 11) is 0. The molecule has 0 aliphatic carbocycles. The van der Waals surface area contributed by atoms with Gasteiger partial charge in [-0.25, -0.2) is 0 Å². The Hall–Kier alpha value is -1.68. The van der Waals surface area contributed by atoms with Crippen LogP contribution in [0, 0.1) is 0 Å². The van der Waals surface area contributed by atoms with Crippen molar-refractivity contribution in [1.29, 1.82) is 0 Å². The minimum Gasteiger partial charge on any atom is -0.322 e. The Morgan fingerprint density at radius 3 is 2.59 bits per heavy atom. The lowest BCUT2D eigenvalue weighted by atomic mass is 10.1. The molecule has 3 nitrogen and oxygen atoms in total. The molecule has 86 valence electrons. The number of hydrogen-bond donors (Lipinski definition) is 1. The van der Waals surface area contributed by atoms with Crippen LogP contribution in [0.15, 0.2) is 48.8 Å². The molecule has 0 aliphatic rings. The number of anilines is 1. The highest BCUT2D eigenvalue weighted by atomic mass is 79.9. The summed E-state index contributed by atoms with van der Waals surface area (Å²) in [5, 5.41) is 3.49. The van der Waals surface area contributed by atoms with Crippen molar-refractivity contribution < 1.29 is 4.79 Å². The van der Waals surface area contributed by atoms with E-state index in [2.05, 4.69) is 26.2 Å². The molecule has 0 radical (unpaired) electrons. The fourth-order valence-corrected chi connectivity index (χ4v) is 1.98. The number of halogens is 1. The van der Waals surface area contributed by atoms with E-state index in [-0.39, 0.29) is 5.91 Å². The van der Waals surface area contributed by atoms with Crippen molar-refractivity contribution in [2.75, 3.05) is 5.32 Å². The van der Waals surface area contributed by atoms with E-state index < -0.39 is 0 Å². The maximum absolute atomic E-state index is 12.0. The SMILES string of the molecule is O=C(Nc1ccncc1)c1ccccc1CBr. The molecule has 0 aliphatic heterocycles. The lowest BCUT2D eigenvalue weighted by Crippen LogP contribution is -2.13. The van der Waals surface area contributed by atoms with Gasteiger partial charge in [0.15, 0.2) is 0 Å². The van der Waals surface area contributed by atoms with E-state index in [0.29, 0.717) is 10.9 Å². The van der Waals surface area contributed by atoms with Crippen LogP contribution in [0.3, 0.4) is 0 Å².